The normalized spacial score (nSPS) is 13.1. The number of fused-ring (bicyclic) bond motifs is 1. The third-order valence-electron chi connectivity index (χ3n) is 5.52. The molecule has 0 saturated carbocycles. The van der Waals surface area contributed by atoms with E-state index in [0.29, 0.717) is 16.7 Å². The van der Waals surface area contributed by atoms with Crippen LogP contribution in [0.15, 0.2) is 71.6 Å². The number of primary amides is 1. The molecule has 35 heavy (non-hydrogen) atoms. The zero-order chi connectivity index (χ0) is 25.5. The molecule has 4 aromatic rings. The van der Waals surface area contributed by atoms with Gasteiger partial charge in [-0.1, -0.05) is 18.2 Å². The first-order valence-electron chi connectivity index (χ1n) is 10.2. The molecule has 0 saturated heterocycles. The number of carbonyl (C=O) groups is 1. The van der Waals surface area contributed by atoms with Crippen LogP contribution in [0, 0.1) is 0 Å². The maximum absolute atomic E-state index is 13.7. The Kier molecular flexibility index (Phi) is 6.03. The number of nitrogens with zero attached hydrogens (tertiary/aromatic N) is 2. The Morgan fingerprint density at radius 1 is 1.06 bits per heavy atom. The standard InChI is InChI=1S/C23H20F3N5O3S/c1-13(17-4-2-3-5-18(17)23(24,25)26)31-20-11-6-14(21(27)32)12-19(20)30-22(31)29-15-7-9-16(10-8-15)35(28,33)34/h2-13H,1H3,(H2,27,32)(H,29,30)(H2,28,33,34)/t13-/m0/s1. The molecule has 0 bridgehead atoms. The van der Waals surface area contributed by atoms with Crippen molar-refractivity contribution in [2.75, 3.05) is 5.32 Å². The summed E-state index contributed by atoms with van der Waals surface area (Å²) >= 11 is 0. The molecule has 0 fully saturated rings. The number of sulfonamides is 1. The number of carbonyl (C=O) groups excluding carboxylic acids is 1. The fourth-order valence-corrected chi connectivity index (χ4v) is 4.36. The fourth-order valence-electron chi connectivity index (χ4n) is 3.85. The van der Waals surface area contributed by atoms with Crippen LogP contribution in [-0.2, 0) is 16.2 Å². The number of alkyl halides is 3. The zero-order valence-electron chi connectivity index (χ0n) is 18.2. The maximum Gasteiger partial charge on any atom is 0.416 e. The first-order valence-corrected chi connectivity index (χ1v) is 11.8. The molecule has 0 aliphatic carbocycles. The first-order chi connectivity index (χ1) is 16.4. The lowest BCUT2D eigenvalue weighted by Crippen LogP contribution is -2.16. The van der Waals surface area contributed by atoms with Crippen molar-refractivity contribution < 1.29 is 26.4 Å². The van der Waals surface area contributed by atoms with Gasteiger partial charge in [-0.2, -0.15) is 13.2 Å². The zero-order valence-corrected chi connectivity index (χ0v) is 19.1. The molecule has 1 atom stereocenters. The lowest BCUT2D eigenvalue weighted by Gasteiger charge is -2.22. The summed E-state index contributed by atoms with van der Waals surface area (Å²) in [6.45, 7) is 1.60. The summed E-state index contributed by atoms with van der Waals surface area (Å²) in [5.41, 5.74) is 6.00. The average Bonchev–Trinajstić information content (AvgIpc) is 3.14. The number of benzene rings is 3. The van der Waals surface area contributed by atoms with Crippen molar-refractivity contribution in [1.29, 1.82) is 0 Å². The quantitative estimate of drug-likeness (QED) is 0.364. The molecule has 0 spiro atoms. The Bertz CT molecular complexity index is 1530. The summed E-state index contributed by atoms with van der Waals surface area (Å²) in [5.74, 6) is -0.500. The van der Waals surface area contributed by atoms with E-state index in [1.807, 2.05) is 0 Å². The summed E-state index contributed by atoms with van der Waals surface area (Å²) in [5, 5.41) is 8.15. The lowest BCUT2D eigenvalue weighted by molar-refractivity contribution is -0.138. The van der Waals surface area contributed by atoms with E-state index >= 15 is 0 Å². The molecule has 0 unspecified atom stereocenters. The van der Waals surface area contributed by atoms with E-state index in [0.717, 1.165) is 6.07 Å². The molecule has 1 amide bonds. The Morgan fingerprint density at radius 3 is 2.31 bits per heavy atom. The molecule has 1 heterocycles. The van der Waals surface area contributed by atoms with Gasteiger partial charge in [0.1, 0.15) is 0 Å². The third kappa shape index (κ3) is 4.84. The number of imidazole rings is 1. The van der Waals surface area contributed by atoms with Gasteiger partial charge in [-0.15, -0.1) is 0 Å². The molecular weight excluding hydrogens is 483 g/mol. The van der Waals surface area contributed by atoms with Crippen molar-refractivity contribution in [2.24, 2.45) is 10.9 Å². The van der Waals surface area contributed by atoms with Crippen LogP contribution in [0.2, 0.25) is 0 Å². The number of amides is 1. The highest BCUT2D eigenvalue weighted by atomic mass is 32.2. The van der Waals surface area contributed by atoms with Gasteiger partial charge in [0.05, 0.1) is 27.5 Å². The maximum atomic E-state index is 13.7. The van der Waals surface area contributed by atoms with Gasteiger partial charge in [-0.05, 0) is 61.0 Å². The number of anilines is 2. The Labute approximate surface area is 198 Å². The van der Waals surface area contributed by atoms with Crippen molar-refractivity contribution in [2.45, 2.75) is 24.0 Å². The summed E-state index contributed by atoms with van der Waals surface area (Å²) in [6.07, 6.45) is -4.57. The van der Waals surface area contributed by atoms with Crippen molar-refractivity contribution in [3.05, 3.63) is 83.4 Å². The van der Waals surface area contributed by atoms with E-state index in [-0.39, 0.29) is 22.0 Å². The van der Waals surface area contributed by atoms with E-state index < -0.39 is 33.7 Å². The molecule has 3 aromatic carbocycles. The van der Waals surface area contributed by atoms with Gasteiger partial charge in [-0.25, -0.2) is 18.5 Å². The largest absolute Gasteiger partial charge is 0.416 e. The molecular formula is C23H20F3N5O3S. The van der Waals surface area contributed by atoms with E-state index in [1.165, 1.54) is 54.6 Å². The minimum atomic E-state index is -4.57. The lowest BCUT2D eigenvalue weighted by atomic mass is 10.0. The van der Waals surface area contributed by atoms with E-state index in [4.69, 9.17) is 10.9 Å². The molecule has 8 nitrogen and oxygen atoms in total. The molecule has 12 heteroatoms. The van der Waals surface area contributed by atoms with Crippen LogP contribution in [-0.4, -0.2) is 23.9 Å². The topological polar surface area (TPSA) is 133 Å². The molecule has 4 rings (SSSR count). The summed E-state index contributed by atoms with van der Waals surface area (Å²) in [7, 11) is -3.90. The second-order valence-corrected chi connectivity index (χ2v) is 9.39. The number of nitrogens with one attached hydrogen (secondary N) is 1. The highest BCUT2D eigenvalue weighted by Gasteiger charge is 2.35. The van der Waals surface area contributed by atoms with Crippen LogP contribution in [0.3, 0.4) is 0 Å². The van der Waals surface area contributed by atoms with Crippen molar-refractivity contribution in [3.63, 3.8) is 0 Å². The smallest absolute Gasteiger partial charge is 0.366 e. The Morgan fingerprint density at radius 2 is 1.71 bits per heavy atom. The second kappa shape index (κ2) is 8.71. The number of hydrogen-bond acceptors (Lipinski definition) is 5. The minimum absolute atomic E-state index is 0.0194. The van der Waals surface area contributed by atoms with Gasteiger partial charge >= 0.3 is 6.18 Å². The number of halogens is 3. The van der Waals surface area contributed by atoms with Gasteiger partial charge in [0.25, 0.3) is 0 Å². The third-order valence-corrected chi connectivity index (χ3v) is 6.45. The predicted octanol–water partition coefficient (Wildman–Crippen LogP) is 4.15. The Hall–Kier alpha value is -3.90. The van der Waals surface area contributed by atoms with Crippen LogP contribution < -0.4 is 16.2 Å². The SMILES string of the molecule is C[C@@H](c1ccccc1C(F)(F)F)n1c(Nc2ccc(S(N)(=O)=O)cc2)nc2cc(C(N)=O)ccc21. The van der Waals surface area contributed by atoms with Crippen molar-refractivity contribution in [3.8, 4) is 0 Å². The fraction of sp³-hybridized carbons (Fsp3) is 0.130. The summed E-state index contributed by atoms with van der Waals surface area (Å²) in [6, 6.07) is 14.4. The molecule has 0 aliphatic rings. The van der Waals surface area contributed by atoms with Crippen LogP contribution in [0.1, 0.15) is 34.5 Å². The summed E-state index contributed by atoms with van der Waals surface area (Å²) in [4.78, 5) is 16.0. The number of nitrogens with two attached hydrogens (primary N) is 2. The van der Waals surface area contributed by atoms with Gasteiger partial charge in [0.2, 0.25) is 21.9 Å². The average molecular weight is 504 g/mol. The second-order valence-electron chi connectivity index (χ2n) is 7.83. The molecule has 182 valence electrons. The predicted molar refractivity (Wildman–Crippen MR) is 125 cm³/mol. The van der Waals surface area contributed by atoms with E-state index in [9.17, 15) is 26.4 Å². The van der Waals surface area contributed by atoms with Crippen LogP contribution >= 0.6 is 0 Å². The van der Waals surface area contributed by atoms with E-state index in [1.54, 1.807) is 17.6 Å². The van der Waals surface area contributed by atoms with Gasteiger partial charge in [-0.3, -0.25) is 4.79 Å². The number of primary sulfonamides is 1. The monoisotopic (exact) mass is 503 g/mol. The van der Waals surface area contributed by atoms with E-state index in [2.05, 4.69) is 10.3 Å². The van der Waals surface area contributed by atoms with Crippen LogP contribution in [0.4, 0.5) is 24.8 Å². The summed E-state index contributed by atoms with van der Waals surface area (Å²) < 4.78 is 65.8. The van der Waals surface area contributed by atoms with Gasteiger partial charge < -0.3 is 15.6 Å². The van der Waals surface area contributed by atoms with Crippen molar-refractivity contribution in [1.82, 2.24) is 9.55 Å². The van der Waals surface area contributed by atoms with Gasteiger partial charge in [0.15, 0.2) is 0 Å². The number of rotatable bonds is 6. The molecule has 5 N–H and O–H groups in total. The first kappa shape index (κ1) is 24.2. The highest BCUT2D eigenvalue weighted by molar-refractivity contribution is 7.89. The highest BCUT2D eigenvalue weighted by Crippen LogP contribution is 2.38. The number of hydrogen-bond donors (Lipinski definition) is 3. The van der Waals surface area contributed by atoms with Crippen LogP contribution in [0.25, 0.3) is 11.0 Å². The van der Waals surface area contributed by atoms with Crippen molar-refractivity contribution >= 4 is 38.6 Å². The molecule has 0 aliphatic heterocycles. The minimum Gasteiger partial charge on any atom is -0.366 e. The molecule has 1 aromatic heterocycles. The molecule has 0 radical (unpaired) electrons. The van der Waals surface area contributed by atoms with Crippen LogP contribution in [0.5, 0.6) is 0 Å². The van der Waals surface area contributed by atoms with Gasteiger partial charge in [0, 0.05) is 11.3 Å². The Balaban J connectivity index is 1.87. The number of aromatic nitrogens is 2.